The molecule has 0 saturated heterocycles. The molecule has 0 bridgehead atoms. The molecule has 3 nitrogen and oxygen atoms in total. The Hall–Kier alpha value is -0.390. The molecule has 1 aromatic carbocycles. The number of carbonyl (C=O) groups excluding carboxylic acids is 1. The van der Waals surface area contributed by atoms with E-state index < -0.39 is 0 Å². The minimum atomic E-state index is -0.294. The van der Waals surface area contributed by atoms with Crippen molar-refractivity contribution in [3.63, 3.8) is 0 Å². The first-order chi connectivity index (χ1) is 7.99. The van der Waals surface area contributed by atoms with Gasteiger partial charge < -0.3 is 5.73 Å². The van der Waals surface area contributed by atoms with Gasteiger partial charge in [0, 0.05) is 21.0 Å². The van der Waals surface area contributed by atoms with E-state index in [2.05, 4.69) is 20.3 Å². The second-order valence-electron chi connectivity index (χ2n) is 3.28. The first-order valence-electron chi connectivity index (χ1n) is 5.17. The topological polar surface area (TPSA) is 55.5 Å². The average Bonchev–Trinajstić information content (AvgIpc) is 2.30. The van der Waals surface area contributed by atoms with Crippen molar-refractivity contribution < 1.29 is 4.79 Å². The van der Waals surface area contributed by atoms with E-state index in [4.69, 9.17) is 17.3 Å². The summed E-state index contributed by atoms with van der Waals surface area (Å²) in [6, 6.07) is 3.22. The lowest BCUT2D eigenvalue weighted by molar-refractivity contribution is 0.101. The van der Waals surface area contributed by atoms with Gasteiger partial charge in [0.15, 0.2) is 0 Å². The minimum absolute atomic E-state index is 0.229. The predicted molar refractivity (Wildman–Crippen MR) is 78.8 cm³/mol. The van der Waals surface area contributed by atoms with Gasteiger partial charge in [-0.25, -0.2) is 0 Å². The fourth-order valence-electron chi connectivity index (χ4n) is 1.26. The fraction of sp³-hybridized carbons (Fsp3) is 0.364. The Kier molecular flexibility index (Phi) is 5.62. The predicted octanol–water partition coefficient (Wildman–Crippen LogP) is 3.67. The van der Waals surface area contributed by atoms with Crippen molar-refractivity contribution in [1.82, 2.24) is 0 Å². The van der Waals surface area contributed by atoms with Crippen LogP contribution in [-0.2, 0) is 10.7 Å². The average molecular weight is 338 g/mol. The number of nitrogens with zero attached hydrogens (tertiary/aromatic N) is 1. The molecule has 0 aliphatic heterocycles. The molecule has 6 heteroatoms. The van der Waals surface area contributed by atoms with Gasteiger partial charge in [0.2, 0.25) is 0 Å². The number of hydrogen-bond donors (Lipinski definition) is 1. The van der Waals surface area contributed by atoms with E-state index in [1.165, 1.54) is 0 Å². The molecule has 0 unspecified atom stereocenters. The van der Waals surface area contributed by atoms with Crippen molar-refractivity contribution in [2.45, 2.75) is 13.8 Å². The van der Waals surface area contributed by atoms with Gasteiger partial charge in [-0.15, -0.1) is 0 Å². The summed E-state index contributed by atoms with van der Waals surface area (Å²) in [4.78, 5) is 12.0. The molecule has 0 radical (unpaired) electrons. The number of nitrogens with two attached hydrogens (primary N) is 1. The zero-order chi connectivity index (χ0) is 13.0. The number of amides is 1. The monoisotopic (exact) mass is 336 g/mol. The third kappa shape index (κ3) is 3.79. The molecular formula is C11H14BrClN2OS. The van der Waals surface area contributed by atoms with E-state index in [1.54, 1.807) is 12.1 Å². The minimum Gasteiger partial charge on any atom is -0.397 e. The summed E-state index contributed by atoms with van der Waals surface area (Å²) < 4.78 is 4.78. The van der Waals surface area contributed by atoms with Crippen LogP contribution in [0.2, 0.25) is 5.02 Å². The molecule has 0 atom stereocenters. The number of carbonyl (C=O) groups is 1. The molecule has 17 heavy (non-hydrogen) atoms. The van der Waals surface area contributed by atoms with E-state index in [9.17, 15) is 4.79 Å². The third-order valence-electron chi connectivity index (χ3n) is 2.20. The Bertz CT molecular complexity index is 471. The molecule has 94 valence electrons. The zero-order valence-corrected chi connectivity index (χ0v) is 12.8. The lowest BCUT2D eigenvalue weighted by Crippen LogP contribution is -2.06. The van der Waals surface area contributed by atoms with Crippen LogP contribution in [0.15, 0.2) is 21.0 Å². The van der Waals surface area contributed by atoms with E-state index >= 15 is 0 Å². The van der Waals surface area contributed by atoms with E-state index in [0.29, 0.717) is 20.7 Å². The summed E-state index contributed by atoms with van der Waals surface area (Å²) in [5.74, 6) is 1.44. The summed E-state index contributed by atoms with van der Waals surface area (Å²) in [6.45, 7) is 4.03. The molecule has 0 heterocycles. The molecule has 0 spiro atoms. The summed E-state index contributed by atoms with van der Waals surface area (Å²) in [5.41, 5.74) is 6.58. The molecule has 0 aliphatic carbocycles. The summed E-state index contributed by atoms with van der Waals surface area (Å²) in [7, 11) is -0.229. The Morgan fingerprint density at radius 2 is 2.06 bits per heavy atom. The highest BCUT2D eigenvalue weighted by molar-refractivity contribution is 9.10. The second kappa shape index (κ2) is 6.52. The van der Waals surface area contributed by atoms with Crippen LogP contribution in [0.4, 0.5) is 5.69 Å². The molecule has 0 aromatic heterocycles. The largest absolute Gasteiger partial charge is 0.397 e. The van der Waals surface area contributed by atoms with Gasteiger partial charge in [-0.3, -0.25) is 4.79 Å². The SMILES string of the molecule is CCS(CC)=NC(=O)c1cc(Cl)cc(Br)c1N. The van der Waals surface area contributed by atoms with Crippen molar-refractivity contribution in [1.29, 1.82) is 0 Å². The van der Waals surface area contributed by atoms with E-state index in [0.717, 1.165) is 11.5 Å². The maximum atomic E-state index is 12.0. The quantitative estimate of drug-likeness (QED) is 0.856. The van der Waals surface area contributed by atoms with Gasteiger partial charge in [0.1, 0.15) is 0 Å². The van der Waals surface area contributed by atoms with Gasteiger partial charge >= 0.3 is 0 Å². The van der Waals surface area contributed by atoms with Crippen LogP contribution >= 0.6 is 27.5 Å². The van der Waals surface area contributed by atoms with Crippen LogP contribution in [-0.4, -0.2) is 17.4 Å². The lowest BCUT2D eigenvalue weighted by atomic mass is 10.2. The van der Waals surface area contributed by atoms with E-state index in [-0.39, 0.29) is 16.6 Å². The summed E-state index contributed by atoms with van der Waals surface area (Å²) >= 11 is 9.16. The molecule has 0 saturated carbocycles. The number of rotatable bonds is 3. The van der Waals surface area contributed by atoms with Crippen LogP contribution in [0.1, 0.15) is 24.2 Å². The summed E-state index contributed by atoms with van der Waals surface area (Å²) in [5, 5.41) is 0.470. The number of halogens is 2. The van der Waals surface area contributed by atoms with Crippen LogP contribution in [0.3, 0.4) is 0 Å². The first-order valence-corrected chi connectivity index (χ1v) is 7.86. The number of nitrogen functional groups attached to an aromatic ring is 1. The van der Waals surface area contributed by atoms with Crippen LogP contribution < -0.4 is 5.73 Å². The van der Waals surface area contributed by atoms with Crippen LogP contribution in [0.5, 0.6) is 0 Å². The van der Waals surface area contributed by atoms with Gasteiger partial charge in [0.05, 0.1) is 11.3 Å². The normalized spacial score (nSPS) is 10.6. The zero-order valence-electron chi connectivity index (χ0n) is 9.67. The molecule has 0 aliphatic rings. The van der Waals surface area contributed by atoms with Crippen molar-refractivity contribution in [2.75, 3.05) is 17.2 Å². The maximum absolute atomic E-state index is 12.0. The standard InChI is InChI=1S/C11H14BrClN2OS/c1-3-17(4-2)15-11(16)8-5-7(13)6-9(12)10(8)14/h5-6H,3-4,14H2,1-2H3. The van der Waals surface area contributed by atoms with Gasteiger partial charge in [-0.05, 0) is 28.1 Å². The fourth-order valence-corrected chi connectivity index (χ4v) is 3.07. The number of hydrogen-bond acceptors (Lipinski definition) is 2. The van der Waals surface area contributed by atoms with Crippen LogP contribution in [0, 0.1) is 0 Å². The second-order valence-corrected chi connectivity index (χ2v) is 6.84. The molecule has 1 amide bonds. The third-order valence-corrected chi connectivity index (χ3v) is 4.83. The Morgan fingerprint density at radius 1 is 1.47 bits per heavy atom. The van der Waals surface area contributed by atoms with Crippen LogP contribution in [0.25, 0.3) is 0 Å². The highest BCUT2D eigenvalue weighted by atomic mass is 79.9. The number of anilines is 1. The molecule has 1 aromatic rings. The Labute approximate surface area is 117 Å². The van der Waals surface area contributed by atoms with Crippen molar-refractivity contribution >= 4 is 49.8 Å². The van der Waals surface area contributed by atoms with Gasteiger partial charge in [-0.1, -0.05) is 36.1 Å². The lowest BCUT2D eigenvalue weighted by Gasteiger charge is -2.06. The van der Waals surface area contributed by atoms with Crippen molar-refractivity contribution in [3.8, 4) is 0 Å². The summed E-state index contributed by atoms with van der Waals surface area (Å²) in [6.07, 6.45) is 0. The Morgan fingerprint density at radius 3 is 2.59 bits per heavy atom. The first kappa shape index (κ1) is 14.7. The molecule has 2 N–H and O–H groups in total. The Balaban J connectivity index is 3.17. The smallest absolute Gasteiger partial charge is 0.285 e. The molecule has 0 fully saturated rings. The van der Waals surface area contributed by atoms with Crippen molar-refractivity contribution in [3.05, 3.63) is 27.2 Å². The highest BCUT2D eigenvalue weighted by Gasteiger charge is 2.13. The molecule has 1 rings (SSSR count). The highest BCUT2D eigenvalue weighted by Crippen LogP contribution is 2.28. The van der Waals surface area contributed by atoms with Gasteiger partial charge in [0.25, 0.3) is 5.91 Å². The van der Waals surface area contributed by atoms with E-state index in [1.807, 2.05) is 13.8 Å². The van der Waals surface area contributed by atoms with Crippen molar-refractivity contribution in [2.24, 2.45) is 4.36 Å². The molecular weight excluding hydrogens is 324 g/mol. The van der Waals surface area contributed by atoms with Gasteiger partial charge in [-0.2, -0.15) is 4.36 Å². The number of benzene rings is 1. The maximum Gasteiger partial charge on any atom is 0.285 e.